The van der Waals surface area contributed by atoms with Crippen molar-refractivity contribution in [3.63, 3.8) is 0 Å². The number of halogens is 2. The largest absolute Gasteiger partial charge is 0.381 e. The Balaban J connectivity index is 1.06. The topological polar surface area (TPSA) is 128 Å². The van der Waals surface area contributed by atoms with Gasteiger partial charge in [0.25, 0.3) is 21.6 Å². The van der Waals surface area contributed by atoms with Gasteiger partial charge in [-0.2, -0.15) is 0 Å². The SMILES string of the molecule is CN(C)CC[C@H](CSc1ccccc1)Nc1ccc(S(=O)(=O)NC(=O)c2ccc(N3CCN(Cc4ccccc4-c4ccc(Cl)c(Cl)c4)CC3)cc2)c([N+](=O)[O-])c1. The van der Waals surface area contributed by atoms with E-state index in [2.05, 4.69) is 32.1 Å². The van der Waals surface area contributed by atoms with Gasteiger partial charge in [-0.15, -0.1) is 11.8 Å². The van der Waals surface area contributed by atoms with E-state index in [9.17, 15) is 23.3 Å². The molecule has 15 heteroatoms. The maximum absolute atomic E-state index is 13.4. The predicted octanol–water partition coefficient (Wildman–Crippen LogP) is 8.53. The average Bonchev–Trinajstić information content (AvgIpc) is 3.20. The lowest BCUT2D eigenvalue weighted by molar-refractivity contribution is -0.387. The number of amides is 1. The normalized spacial score (nSPS) is 14.0. The molecule has 0 saturated carbocycles. The van der Waals surface area contributed by atoms with Gasteiger partial charge in [0.2, 0.25) is 0 Å². The van der Waals surface area contributed by atoms with Crippen LogP contribution in [0.3, 0.4) is 0 Å². The van der Waals surface area contributed by atoms with Gasteiger partial charge >= 0.3 is 0 Å². The molecule has 298 valence electrons. The molecule has 1 saturated heterocycles. The number of rotatable bonds is 16. The zero-order valence-corrected chi connectivity index (χ0v) is 34.8. The number of hydrogen-bond donors (Lipinski definition) is 2. The smallest absolute Gasteiger partial charge is 0.291 e. The summed E-state index contributed by atoms with van der Waals surface area (Å²) in [6.07, 6.45) is 0.753. The van der Waals surface area contributed by atoms with E-state index in [0.717, 1.165) is 73.5 Å². The van der Waals surface area contributed by atoms with Crippen LogP contribution in [0.4, 0.5) is 17.1 Å². The van der Waals surface area contributed by atoms with Crippen LogP contribution in [0.5, 0.6) is 0 Å². The van der Waals surface area contributed by atoms with Gasteiger partial charge in [0.15, 0.2) is 4.90 Å². The molecule has 57 heavy (non-hydrogen) atoms. The van der Waals surface area contributed by atoms with Crippen molar-refractivity contribution in [3.05, 3.63) is 147 Å². The summed E-state index contributed by atoms with van der Waals surface area (Å²) in [6, 6.07) is 34.3. The lowest BCUT2D eigenvalue weighted by atomic mass is 9.99. The predicted molar refractivity (Wildman–Crippen MR) is 231 cm³/mol. The molecule has 1 heterocycles. The van der Waals surface area contributed by atoms with E-state index in [0.29, 0.717) is 21.5 Å². The summed E-state index contributed by atoms with van der Waals surface area (Å²) < 4.78 is 28.9. The summed E-state index contributed by atoms with van der Waals surface area (Å²) in [4.78, 5) is 31.8. The molecule has 2 N–H and O–H groups in total. The maximum Gasteiger partial charge on any atom is 0.291 e. The molecule has 1 fully saturated rings. The Morgan fingerprint density at radius 3 is 2.26 bits per heavy atom. The highest BCUT2D eigenvalue weighted by atomic mass is 35.5. The highest BCUT2D eigenvalue weighted by Gasteiger charge is 2.29. The van der Waals surface area contributed by atoms with E-state index >= 15 is 0 Å². The van der Waals surface area contributed by atoms with Crippen LogP contribution in [0.2, 0.25) is 10.0 Å². The summed E-state index contributed by atoms with van der Waals surface area (Å²) in [5.41, 5.74) is 4.09. The van der Waals surface area contributed by atoms with Crippen LogP contribution in [-0.4, -0.2) is 87.7 Å². The lowest BCUT2D eigenvalue weighted by Gasteiger charge is -2.36. The quantitative estimate of drug-likeness (QED) is 0.0567. The van der Waals surface area contributed by atoms with Crippen molar-refractivity contribution < 1.29 is 18.1 Å². The number of nitrogens with one attached hydrogen (secondary N) is 2. The van der Waals surface area contributed by atoms with Gasteiger partial charge in [-0.3, -0.25) is 19.8 Å². The van der Waals surface area contributed by atoms with E-state index in [1.54, 1.807) is 36.0 Å². The molecule has 6 rings (SSSR count). The molecule has 0 aromatic heterocycles. The van der Waals surface area contributed by atoms with Gasteiger partial charge in [-0.25, -0.2) is 13.1 Å². The second kappa shape index (κ2) is 19.2. The van der Waals surface area contributed by atoms with Gasteiger partial charge in [0, 0.05) is 72.4 Å². The van der Waals surface area contributed by atoms with Gasteiger partial charge in [0.1, 0.15) is 0 Å². The van der Waals surface area contributed by atoms with E-state index in [1.807, 2.05) is 79.5 Å². The Morgan fingerprint density at radius 2 is 1.58 bits per heavy atom. The molecular weight excluding hydrogens is 804 g/mol. The van der Waals surface area contributed by atoms with Gasteiger partial charge in [0.05, 0.1) is 15.0 Å². The molecule has 1 aliphatic rings. The molecule has 0 spiro atoms. The van der Waals surface area contributed by atoms with Crippen LogP contribution in [-0.2, 0) is 16.6 Å². The first kappa shape index (κ1) is 42.0. The van der Waals surface area contributed by atoms with Crippen molar-refractivity contribution in [3.8, 4) is 11.1 Å². The molecule has 0 unspecified atom stereocenters. The number of nitro benzene ring substituents is 1. The average molecular weight is 848 g/mol. The Morgan fingerprint density at radius 1 is 0.877 bits per heavy atom. The Bertz CT molecular complexity index is 2290. The van der Waals surface area contributed by atoms with Crippen LogP contribution in [0.25, 0.3) is 11.1 Å². The molecule has 1 amide bonds. The molecular formula is C42H44Cl2N6O5S2. The molecule has 1 atom stereocenters. The van der Waals surface area contributed by atoms with E-state index < -0.39 is 31.4 Å². The minimum atomic E-state index is -4.59. The molecule has 5 aromatic carbocycles. The first-order chi connectivity index (χ1) is 27.4. The molecule has 0 aliphatic carbocycles. The van der Waals surface area contributed by atoms with Crippen molar-refractivity contribution in [2.24, 2.45) is 0 Å². The number of benzene rings is 5. The molecule has 11 nitrogen and oxygen atoms in total. The van der Waals surface area contributed by atoms with Crippen LogP contribution >= 0.6 is 35.0 Å². The second-order valence-corrected chi connectivity index (χ2v) is 17.6. The fraction of sp³-hybridized carbons (Fsp3) is 0.262. The van der Waals surface area contributed by atoms with Crippen molar-refractivity contribution in [1.82, 2.24) is 14.5 Å². The van der Waals surface area contributed by atoms with Crippen molar-refractivity contribution >= 4 is 68.0 Å². The number of carbonyl (C=O) groups excluding carboxylic acids is 1. The van der Waals surface area contributed by atoms with Crippen LogP contribution in [0.1, 0.15) is 22.3 Å². The third-order valence-corrected chi connectivity index (χ3v) is 13.0. The Hall–Kier alpha value is -4.63. The number of nitro groups is 1. The first-order valence-electron chi connectivity index (χ1n) is 18.4. The third kappa shape index (κ3) is 11.3. The van der Waals surface area contributed by atoms with Crippen molar-refractivity contribution in [2.75, 3.05) is 62.8 Å². The number of anilines is 2. The highest BCUT2D eigenvalue weighted by molar-refractivity contribution is 7.99. The zero-order valence-electron chi connectivity index (χ0n) is 31.6. The van der Waals surface area contributed by atoms with Crippen LogP contribution in [0.15, 0.2) is 125 Å². The fourth-order valence-electron chi connectivity index (χ4n) is 6.61. The molecule has 0 bridgehead atoms. The zero-order chi connectivity index (χ0) is 40.5. The number of thioether (sulfide) groups is 1. The summed E-state index contributed by atoms with van der Waals surface area (Å²) in [5, 5.41) is 16.5. The van der Waals surface area contributed by atoms with E-state index in [-0.39, 0.29) is 11.6 Å². The first-order valence-corrected chi connectivity index (χ1v) is 21.6. The third-order valence-electron chi connectivity index (χ3n) is 9.67. The number of carbonyl (C=O) groups is 1. The van der Waals surface area contributed by atoms with Gasteiger partial charge < -0.3 is 15.1 Å². The van der Waals surface area contributed by atoms with Gasteiger partial charge in [-0.05, 0) is 104 Å². The number of sulfonamides is 1. The van der Waals surface area contributed by atoms with Crippen molar-refractivity contribution in [1.29, 1.82) is 0 Å². The molecule has 0 radical (unpaired) electrons. The molecule has 5 aromatic rings. The van der Waals surface area contributed by atoms with Crippen LogP contribution in [0, 0.1) is 10.1 Å². The minimum absolute atomic E-state index is 0.0602. The lowest BCUT2D eigenvalue weighted by Crippen LogP contribution is -2.46. The summed E-state index contributed by atoms with van der Waals surface area (Å²) in [6.45, 7) is 4.68. The number of nitrogens with zero attached hydrogens (tertiary/aromatic N) is 4. The Kier molecular flexibility index (Phi) is 14.2. The van der Waals surface area contributed by atoms with Crippen molar-refractivity contribution in [2.45, 2.75) is 28.8 Å². The minimum Gasteiger partial charge on any atom is -0.381 e. The fourth-order valence-corrected chi connectivity index (χ4v) is 9.02. The second-order valence-electron chi connectivity index (χ2n) is 14.0. The van der Waals surface area contributed by atoms with E-state index in [4.69, 9.17) is 23.2 Å². The van der Waals surface area contributed by atoms with Gasteiger partial charge in [-0.1, -0.05) is 71.7 Å². The van der Waals surface area contributed by atoms with Crippen LogP contribution < -0.4 is 14.9 Å². The standard InChI is InChI=1S/C42H44Cl2N6O5S2/c1-47(2)21-20-34(29-56-36-9-4-3-5-10-36)45-33-15-19-41(40(27-33)50(52)53)57(54,55)46-42(51)30-12-16-35(17-13-30)49-24-22-48(23-25-49)28-32-8-6-7-11-37(32)31-14-18-38(43)39(44)26-31/h3-19,26-27,34,45H,20-25,28-29H2,1-2H3,(H,46,51)/t34-/m1/s1. The monoisotopic (exact) mass is 846 g/mol. The maximum atomic E-state index is 13.4. The summed E-state index contributed by atoms with van der Waals surface area (Å²) >= 11 is 14.1. The highest BCUT2D eigenvalue weighted by Crippen LogP contribution is 2.32. The van der Waals surface area contributed by atoms with E-state index in [1.165, 1.54) is 17.7 Å². The Labute approximate surface area is 348 Å². The number of piperazine rings is 1. The number of hydrogen-bond acceptors (Lipinski definition) is 10. The summed E-state index contributed by atoms with van der Waals surface area (Å²) in [7, 11) is -0.647. The summed E-state index contributed by atoms with van der Waals surface area (Å²) in [5.74, 6) is -0.196. The molecule has 1 aliphatic heterocycles.